The first-order valence-corrected chi connectivity index (χ1v) is 7.09. The molecule has 0 aliphatic carbocycles. The van der Waals surface area contributed by atoms with Crippen LogP contribution in [-0.4, -0.2) is 58.3 Å². The lowest BCUT2D eigenvalue weighted by atomic mass is 10.2. The van der Waals surface area contributed by atoms with Crippen molar-refractivity contribution in [1.82, 2.24) is 20.0 Å². The van der Waals surface area contributed by atoms with E-state index in [2.05, 4.69) is 10.4 Å². The lowest BCUT2D eigenvalue weighted by Crippen LogP contribution is -2.51. The van der Waals surface area contributed by atoms with Crippen LogP contribution in [0.25, 0.3) is 0 Å². The van der Waals surface area contributed by atoms with Crippen molar-refractivity contribution in [1.29, 1.82) is 0 Å². The summed E-state index contributed by atoms with van der Waals surface area (Å²) in [4.78, 5) is 25.9. The first-order chi connectivity index (χ1) is 9.86. The zero-order chi connectivity index (χ0) is 15.6. The van der Waals surface area contributed by atoms with Gasteiger partial charge in [0.1, 0.15) is 5.69 Å². The molecule has 1 aliphatic rings. The SMILES string of the molecule is Cc1cc(C(=O)NCC(=O)N2CC(C)OC(C)C2)n(C)n1. The van der Waals surface area contributed by atoms with E-state index in [0.717, 1.165) is 5.69 Å². The van der Waals surface area contributed by atoms with E-state index >= 15 is 0 Å². The minimum atomic E-state index is -0.291. The second kappa shape index (κ2) is 6.26. The summed E-state index contributed by atoms with van der Waals surface area (Å²) in [5.74, 6) is -0.384. The van der Waals surface area contributed by atoms with Crippen LogP contribution >= 0.6 is 0 Å². The van der Waals surface area contributed by atoms with Crippen molar-refractivity contribution in [2.24, 2.45) is 7.05 Å². The molecular weight excluding hydrogens is 272 g/mol. The third-order valence-corrected chi connectivity index (χ3v) is 3.41. The quantitative estimate of drug-likeness (QED) is 0.857. The number of aromatic nitrogens is 2. The van der Waals surface area contributed by atoms with Crippen molar-refractivity contribution in [3.63, 3.8) is 0 Å². The van der Waals surface area contributed by atoms with E-state index in [9.17, 15) is 9.59 Å². The van der Waals surface area contributed by atoms with Crippen LogP contribution in [0.5, 0.6) is 0 Å². The molecule has 2 heterocycles. The standard InChI is InChI=1S/C14H22N4O3/c1-9-5-12(17(4)16-9)14(20)15-6-13(19)18-7-10(2)21-11(3)8-18/h5,10-11H,6-8H2,1-4H3,(H,15,20). The van der Waals surface area contributed by atoms with Gasteiger partial charge in [-0.15, -0.1) is 0 Å². The zero-order valence-corrected chi connectivity index (χ0v) is 12.9. The van der Waals surface area contributed by atoms with E-state index in [-0.39, 0.29) is 30.6 Å². The molecule has 2 atom stereocenters. The maximum absolute atomic E-state index is 12.1. The molecule has 2 unspecified atom stereocenters. The summed E-state index contributed by atoms with van der Waals surface area (Å²) >= 11 is 0. The summed E-state index contributed by atoms with van der Waals surface area (Å²) < 4.78 is 7.10. The fraction of sp³-hybridized carbons (Fsp3) is 0.643. The summed E-state index contributed by atoms with van der Waals surface area (Å²) in [6.07, 6.45) is 0.0428. The maximum atomic E-state index is 12.1. The van der Waals surface area contributed by atoms with Gasteiger partial charge in [0.15, 0.2) is 0 Å². The summed E-state index contributed by atoms with van der Waals surface area (Å²) in [5, 5.41) is 6.76. The van der Waals surface area contributed by atoms with E-state index in [1.54, 1.807) is 18.0 Å². The Kier molecular flexibility index (Phi) is 4.62. The van der Waals surface area contributed by atoms with E-state index in [1.807, 2.05) is 20.8 Å². The van der Waals surface area contributed by atoms with Crippen LogP contribution in [0.3, 0.4) is 0 Å². The van der Waals surface area contributed by atoms with E-state index < -0.39 is 0 Å². The average molecular weight is 294 g/mol. The molecule has 0 bridgehead atoms. The van der Waals surface area contributed by atoms with Gasteiger partial charge in [-0.05, 0) is 26.8 Å². The minimum absolute atomic E-state index is 0.0114. The van der Waals surface area contributed by atoms with Crippen LogP contribution < -0.4 is 5.32 Å². The van der Waals surface area contributed by atoms with E-state index in [1.165, 1.54) is 4.68 Å². The molecule has 1 aliphatic heterocycles. The molecule has 7 nitrogen and oxygen atoms in total. The average Bonchev–Trinajstić information content (AvgIpc) is 2.73. The molecule has 2 rings (SSSR count). The van der Waals surface area contributed by atoms with Crippen LogP contribution in [0.1, 0.15) is 30.0 Å². The third kappa shape index (κ3) is 3.81. The number of hydrogen-bond donors (Lipinski definition) is 1. The van der Waals surface area contributed by atoms with Gasteiger partial charge >= 0.3 is 0 Å². The Labute approximate surface area is 124 Å². The van der Waals surface area contributed by atoms with Gasteiger partial charge in [0.05, 0.1) is 24.4 Å². The molecule has 0 spiro atoms. The molecule has 1 saturated heterocycles. The lowest BCUT2D eigenvalue weighted by molar-refractivity contribution is -0.142. The fourth-order valence-corrected chi connectivity index (χ4v) is 2.56. The molecule has 21 heavy (non-hydrogen) atoms. The van der Waals surface area contributed by atoms with Gasteiger partial charge < -0.3 is 15.0 Å². The molecule has 1 aromatic rings. The highest BCUT2D eigenvalue weighted by atomic mass is 16.5. The van der Waals surface area contributed by atoms with Crippen molar-refractivity contribution >= 4 is 11.8 Å². The Bertz CT molecular complexity index is 530. The van der Waals surface area contributed by atoms with Crippen molar-refractivity contribution in [3.05, 3.63) is 17.5 Å². The van der Waals surface area contributed by atoms with Gasteiger partial charge in [-0.25, -0.2) is 0 Å². The molecule has 1 aromatic heterocycles. The Hall–Kier alpha value is -1.89. The van der Waals surface area contributed by atoms with Gasteiger partial charge in [-0.2, -0.15) is 5.10 Å². The molecule has 1 N–H and O–H groups in total. The number of nitrogens with one attached hydrogen (secondary N) is 1. The van der Waals surface area contributed by atoms with Gasteiger partial charge in [0.25, 0.3) is 5.91 Å². The number of aryl methyl sites for hydroxylation is 2. The number of hydrogen-bond acceptors (Lipinski definition) is 4. The third-order valence-electron chi connectivity index (χ3n) is 3.41. The van der Waals surface area contributed by atoms with E-state index in [4.69, 9.17) is 4.74 Å². The number of nitrogens with zero attached hydrogens (tertiary/aromatic N) is 3. The summed E-state index contributed by atoms with van der Waals surface area (Å²) in [5.41, 5.74) is 1.22. The van der Waals surface area contributed by atoms with Crippen molar-refractivity contribution in [2.45, 2.75) is 33.0 Å². The smallest absolute Gasteiger partial charge is 0.269 e. The lowest BCUT2D eigenvalue weighted by Gasteiger charge is -2.35. The number of carbonyl (C=O) groups is 2. The molecule has 2 amide bonds. The summed E-state index contributed by atoms with van der Waals surface area (Å²) in [7, 11) is 1.70. The highest BCUT2D eigenvalue weighted by Gasteiger charge is 2.26. The largest absolute Gasteiger partial charge is 0.372 e. The summed E-state index contributed by atoms with van der Waals surface area (Å²) in [6, 6.07) is 1.69. The molecule has 0 saturated carbocycles. The van der Waals surface area contributed by atoms with Crippen molar-refractivity contribution < 1.29 is 14.3 Å². The summed E-state index contributed by atoms with van der Waals surface area (Å²) in [6.45, 7) is 6.80. The fourth-order valence-electron chi connectivity index (χ4n) is 2.56. The minimum Gasteiger partial charge on any atom is -0.372 e. The normalized spacial score (nSPS) is 22.2. The van der Waals surface area contributed by atoms with Gasteiger partial charge in [0.2, 0.25) is 5.91 Å². The first kappa shape index (κ1) is 15.5. The highest BCUT2D eigenvalue weighted by Crippen LogP contribution is 2.10. The Morgan fingerprint density at radius 3 is 2.52 bits per heavy atom. The predicted molar refractivity (Wildman–Crippen MR) is 76.9 cm³/mol. The van der Waals surface area contributed by atoms with Crippen LogP contribution in [0, 0.1) is 6.92 Å². The molecule has 1 fully saturated rings. The molecular formula is C14H22N4O3. The van der Waals surface area contributed by atoms with E-state index in [0.29, 0.717) is 18.8 Å². The molecule has 0 aromatic carbocycles. The van der Waals surface area contributed by atoms with Gasteiger partial charge in [-0.3, -0.25) is 14.3 Å². The van der Waals surface area contributed by atoms with Gasteiger partial charge in [0, 0.05) is 20.1 Å². The Morgan fingerprint density at radius 1 is 1.38 bits per heavy atom. The van der Waals surface area contributed by atoms with Crippen molar-refractivity contribution in [2.75, 3.05) is 19.6 Å². The molecule has 7 heteroatoms. The van der Waals surface area contributed by atoms with Crippen LogP contribution in [0.4, 0.5) is 0 Å². The second-order valence-corrected chi connectivity index (χ2v) is 5.53. The number of amides is 2. The maximum Gasteiger partial charge on any atom is 0.269 e. The van der Waals surface area contributed by atoms with Crippen LogP contribution in [0.15, 0.2) is 6.07 Å². The van der Waals surface area contributed by atoms with Crippen LogP contribution in [-0.2, 0) is 16.6 Å². The Balaban J connectivity index is 1.89. The number of ether oxygens (including phenoxy) is 1. The molecule has 116 valence electrons. The van der Waals surface area contributed by atoms with Crippen molar-refractivity contribution in [3.8, 4) is 0 Å². The number of carbonyl (C=O) groups excluding carboxylic acids is 2. The molecule has 0 radical (unpaired) electrons. The second-order valence-electron chi connectivity index (χ2n) is 5.53. The predicted octanol–water partition coefficient (Wildman–Crippen LogP) is 0.0941. The number of rotatable bonds is 3. The first-order valence-electron chi connectivity index (χ1n) is 7.09. The monoisotopic (exact) mass is 294 g/mol. The van der Waals surface area contributed by atoms with Gasteiger partial charge in [-0.1, -0.05) is 0 Å². The van der Waals surface area contributed by atoms with Crippen LogP contribution in [0.2, 0.25) is 0 Å². The number of morpholine rings is 1. The topological polar surface area (TPSA) is 76.5 Å². The zero-order valence-electron chi connectivity index (χ0n) is 12.9. The Morgan fingerprint density at radius 2 is 2.00 bits per heavy atom. The highest BCUT2D eigenvalue weighted by molar-refractivity contribution is 5.95.